The molecule has 0 saturated carbocycles. The zero-order valence-corrected chi connectivity index (χ0v) is 10.8. The number of aromatic nitrogens is 2. The highest BCUT2D eigenvalue weighted by molar-refractivity contribution is 7.87. The van der Waals surface area contributed by atoms with Crippen LogP contribution in [0.3, 0.4) is 0 Å². The van der Waals surface area contributed by atoms with E-state index in [4.69, 9.17) is 0 Å². The van der Waals surface area contributed by atoms with Gasteiger partial charge in [-0.15, -0.1) is 0 Å². The second kappa shape index (κ2) is 5.04. The van der Waals surface area contributed by atoms with E-state index in [1.165, 1.54) is 17.5 Å². The SMILES string of the molecule is CNS(=O)(=O)N1CCN(C(=O)c2ccn[nH]2)CC1. The molecule has 1 aliphatic heterocycles. The predicted molar refractivity (Wildman–Crippen MR) is 64.0 cm³/mol. The smallest absolute Gasteiger partial charge is 0.279 e. The van der Waals surface area contributed by atoms with E-state index in [1.807, 2.05) is 0 Å². The lowest BCUT2D eigenvalue weighted by Crippen LogP contribution is -2.52. The molecule has 0 bridgehead atoms. The van der Waals surface area contributed by atoms with Crippen LogP contribution in [0.1, 0.15) is 10.5 Å². The average molecular weight is 273 g/mol. The fourth-order valence-corrected chi connectivity index (χ4v) is 2.71. The molecule has 0 unspecified atom stereocenters. The number of rotatable bonds is 3. The summed E-state index contributed by atoms with van der Waals surface area (Å²) >= 11 is 0. The third kappa shape index (κ3) is 2.52. The van der Waals surface area contributed by atoms with Crippen LogP contribution >= 0.6 is 0 Å². The molecule has 100 valence electrons. The second-order valence-electron chi connectivity index (χ2n) is 3.87. The molecule has 1 aromatic rings. The standard InChI is InChI=1S/C9H15N5O3S/c1-10-18(16,17)14-6-4-13(5-7-14)9(15)8-2-3-11-12-8/h2-3,10H,4-7H2,1H3,(H,11,12). The first-order valence-corrected chi connectivity index (χ1v) is 6.96. The number of nitrogens with one attached hydrogen (secondary N) is 2. The summed E-state index contributed by atoms with van der Waals surface area (Å²) in [5.41, 5.74) is 0.417. The molecule has 0 spiro atoms. The van der Waals surface area contributed by atoms with E-state index in [1.54, 1.807) is 11.0 Å². The first-order chi connectivity index (χ1) is 8.54. The van der Waals surface area contributed by atoms with Crippen LogP contribution in [0, 0.1) is 0 Å². The van der Waals surface area contributed by atoms with Crippen molar-refractivity contribution >= 4 is 16.1 Å². The van der Waals surface area contributed by atoms with Gasteiger partial charge in [-0.1, -0.05) is 0 Å². The van der Waals surface area contributed by atoms with E-state index >= 15 is 0 Å². The number of piperazine rings is 1. The van der Waals surface area contributed by atoms with Crippen LogP contribution in [-0.4, -0.2) is 67.0 Å². The number of hydrogen-bond donors (Lipinski definition) is 2. The molecule has 0 aromatic carbocycles. The van der Waals surface area contributed by atoms with Gasteiger partial charge in [0.15, 0.2) is 0 Å². The van der Waals surface area contributed by atoms with E-state index < -0.39 is 10.2 Å². The molecule has 18 heavy (non-hydrogen) atoms. The Bertz CT molecular complexity index is 504. The summed E-state index contributed by atoms with van der Waals surface area (Å²) in [4.78, 5) is 13.6. The van der Waals surface area contributed by atoms with Crippen LogP contribution in [-0.2, 0) is 10.2 Å². The van der Waals surface area contributed by atoms with Crippen LogP contribution in [0.25, 0.3) is 0 Å². The van der Waals surface area contributed by atoms with Crippen molar-refractivity contribution in [2.75, 3.05) is 33.2 Å². The lowest BCUT2D eigenvalue weighted by atomic mass is 10.3. The van der Waals surface area contributed by atoms with Crippen molar-refractivity contribution in [1.29, 1.82) is 0 Å². The molecule has 2 heterocycles. The Morgan fingerprint density at radius 2 is 2.06 bits per heavy atom. The van der Waals surface area contributed by atoms with Gasteiger partial charge in [0, 0.05) is 39.4 Å². The molecule has 9 heteroatoms. The van der Waals surface area contributed by atoms with E-state index in [2.05, 4.69) is 14.9 Å². The number of aromatic amines is 1. The highest BCUT2D eigenvalue weighted by atomic mass is 32.2. The third-order valence-electron chi connectivity index (χ3n) is 2.85. The maximum Gasteiger partial charge on any atom is 0.279 e. The monoisotopic (exact) mass is 273 g/mol. The van der Waals surface area contributed by atoms with Crippen LogP contribution < -0.4 is 4.72 Å². The van der Waals surface area contributed by atoms with Gasteiger partial charge in [-0.3, -0.25) is 9.89 Å². The Labute approximate surface area is 105 Å². The van der Waals surface area contributed by atoms with Gasteiger partial charge in [0.25, 0.3) is 16.1 Å². The largest absolute Gasteiger partial charge is 0.335 e. The van der Waals surface area contributed by atoms with Crippen LogP contribution in [0.4, 0.5) is 0 Å². The molecule has 1 saturated heterocycles. The highest BCUT2D eigenvalue weighted by Crippen LogP contribution is 2.08. The van der Waals surface area contributed by atoms with Crippen LogP contribution in [0.2, 0.25) is 0 Å². The van der Waals surface area contributed by atoms with Crippen molar-refractivity contribution in [3.05, 3.63) is 18.0 Å². The second-order valence-corrected chi connectivity index (χ2v) is 5.75. The molecule has 2 N–H and O–H groups in total. The zero-order chi connectivity index (χ0) is 13.2. The summed E-state index contributed by atoms with van der Waals surface area (Å²) in [6.07, 6.45) is 1.51. The highest BCUT2D eigenvalue weighted by Gasteiger charge is 2.28. The number of H-pyrrole nitrogens is 1. The normalized spacial score (nSPS) is 17.9. The Morgan fingerprint density at radius 1 is 1.39 bits per heavy atom. The molecule has 1 aromatic heterocycles. The Morgan fingerprint density at radius 3 is 2.56 bits per heavy atom. The average Bonchev–Trinajstić information content (AvgIpc) is 2.92. The van der Waals surface area contributed by atoms with Gasteiger partial charge in [0.05, 0.1) is 0 Å². The van der Waals surface area contributed by atoms with Crippen molar-refractivity contribution in [3.8, 4) is 0 Å². The lowest BCUT2D eigenvalue weighted by Gasteiger charge is -2.33. The molecule has 1 aliphatic rings. The predicted octanol–water partition coefficient (Wildman–Crippen LogP) is -1.37. The molecule has 0 atom stereocenters. The van der Waals surface area contributed by atoms with Gasteiger partial charge >= 0.3 is 0 Å². The van der Waals surface area contributed by atoms with Crippen molar-refractivity contribution in [2.45, 2.75) is 0 Å². The molecule has 0 aliphatic carbocycles. The molecular weight excluding hydrogens is 258 g/mol. The van der Waals surface area contributed by atoms with Gasteiger partial charge in [0.1, 0.15) is 5.69 Å². The minimum Gasteiger partial charge on any atom is -0.335 e. The number of amides is 1. The molecule has 1 amide bonds. The molecule has 1 fully saturated rings. The van der Waals surface area contributed by atoms with Gasteiger partial charge in [-0.05, 0) is 6.07 Å². The molecular formula is C9H15N5O3S. The first-order valence-electron chi connectivity index (χ1n) is 5.52. The summed E-state index contributed by atoms with van der Waals surface area (Å²) < 4.78 is 26.7. The Hall–Kier alpha value is -1.45. The first kappa shape index (κ1) is 13.0. The van der Waals surface area contributed by atoms with Crippen molar-refractivity contribution in [2.24, 2.45) is 0 Å². The molecule has 2 rings (SSSR count). The summed E-state index contributed by atoms with van der Waals surface area (Å²) in [7, 11) is -2.03. The van der Waals surface area contributed by atoms with E-state index in [9.17, 15) is 13.2 Å². The van der Waals surface area contributed by atoms with E-state index in [0.29, 0.717) is 31.9 Å². The Kier molecular flexibility index (Phi) is 3.64. The summed E-state index contributed by atoms with van der Waals surface area (Å²) in [6.45, 7) is 1.34. The maximum absolute atomic E-state index is 12.0. The summed E-state index contributed by atoms with van der Waals surface area (Å²) in [5.74, 6) is -0.158. The summed E-state index contributed by atoms with van der Waals surface area (Å²) in [6, 6.07) is 1.60. The Balaban J connectivity index is 1.97. The minimum atomic E-state index is -3.40. The van der Waals surface area contributed by atoms with Gasteiger partial charge in [0.2, 0.25) is 0 Å². The molecule has 0 radical (unpaired) electrons. The van der Waals surface area contributed by atoms with Gasteiger partial charge in [-0.25, -0.2) is 4.72 Å². The third-order valence-corrected chi connectivity index (χ3v) is 4.42. The topological polar surface area (TPSA) is 98.4 Å². The van der Waals surface area contributed by atoms with E-state index in [-0.39, 0.29) is 5.91 Å². The fraction of sp³-hybridized carbons (Fsp3) is 0.556. The minimum absolute atomic E-state index is 0.158. The van der Waals surface area contributed by atoms with Gasteiger partial charge < -0.3 is 4.90 Å². The van der Waals surface area contributed by atoms with Crippen LogP contribution in [0.15, 0.2) is 12.3 Å². The fourth-order valence-electron chi connectivity index (χ4n) is 1.81. The van der Waals surface area contributed by atoms with E-state index in [0.717, 1.165) is 0 Å². The number of hydrogen-bond acceptors (Lipinski definition) is 4. The van der Waals surface area contributed by atoms with Crippen molar-refractivity contribution in [3.63, 3.8) is 0 Å². The van der Waals surface area contributed by atoms with Crippen LogP contribution in [0.5, 0.6) is 0 Å². The number of carbonyl (C=O) groups excluding carboxylic acids is 1. The maximum atomic E-state index is 12.0. The quantitative estimate of drug-likeness (QED) is 0.710. The zero-order valence-electron chi connectivity index (χ0n) is 9.96. The van der Waals surface area contributed by atoms with Crippen molar-refractivity contribution < 1.29 is 13.2 Å². The van der Waals surface area contributed by atoms with Gasteiger partial charge in [-0.2, -0.15) is 17.8 Å². The number of carbonyl (C=O) groups is 1. The van der Waals surface area contributed by atoms with Crippen molar-refractivity contribution in [1.82, 2.24) is 24.1 Å². The number of nitrogens with zero attached hydrogens (tertiary/aromatic N) is 3. The molecule has 8 nitrogen and oxygen atoms in total. The lowest BCUT2D eigenvalue weighted by molar-refractivity contribution is 0.0691. The summed E-state index contributed by atoms with van der Waals surface area (Å²) in [5, 5.41) is 6.32.